The molecule has 0 aliphatic heterocycles. The van der Waals surface area contributed by atoms with Gasteiger partial charge in [0.25, 0.3) is 10.0 Å². The maximum atomic E-state index is 12.2. The zero-order valence-electron chi connectivity index (χ0n) is 10.5. The van der Waals surface area contributed by atoms with E-state index >= 15 is 0 Å². The molecule has 0 fully saturated rings. The van der Waals surface area contributed by atoms with Crippen LogP contribution in [0.1, 0.15) is 4.88 Å². The number of methoxy groups -OCH3 is 1. The number of aliphatic hydroxyl groups excluding tert-OH is 1. The minimum absolute atomic E-state index is 0.0684. The van der Waals surface area contributed by atoms with Crippen molar-refractivity contribution >= 4 is 38.6 Å². The van der Waals surface area contributed by atoms with E-state index in [9.17, 15) is 8.42 Å². The summed E-state index contributed by atoms with van der Waals surface area (Å²) in [5.74, 6) is 0.375. The summed E-state index contributed by atoms with van der Waals surface area (Å²) >= 11 is 7.06. The Morgan fingerprint density at radius 3 is 2.80 bits per heavy atom. The van der Waals surface area contributed by atoms with Crippen molar-refractivity contribution < 1.29 is 18.3 Å². The second-order valence-electron chi connectivity index (χ2n) is 3.82. The summed E-state index contributed by atoms with van der Waals surface area (Å²) in [4.78, 5) is 0.456. The number of ether oxygens (including phenoxy) is 1. The van der Waals surface area contributed by atoms with E-state index in [4.69, 9.17) is 21.4 Å². The van der Waals surface area contributed by atoms with Crippen LogP contribution < -0.4 is 9.46 Å². The zero-order chi connectivity index (χ0) is 14.8. The Morgan fingerprint density at radius 2 is 2.15 bits per heavy atom. The first-order chi connectivity index (χ1) is 9.47. The standard InChI is InChI=1S/C12H12ClNO4S2/c1-18-10-6-8(2-3-9(10)13)14-20(16,17)12-4-5-19-11(12)7-15/h2-6,14-15H,7H2,1H3. The van der Waals surface area contributed by atoms with Crippen molar-refractivity contribution in [2.24, 2.45) is 0 Å². The van der Waals surface area contributed by atoms with Crippen LogP contribution >= 0.6 is 22.9 Å². The number of hydrogen-bond donors (Lipinski definition) is 2. The number of aliphatic hydroxyl groups is 1. The molecule has 0 saturated heterocycles. The summed E-state index contributed by atoms with van der Waals surface area (Å²) in [5, 5.41) is 11.1. The van der Waals surface area contributed by atoms with Gasteiger partial charge in [0.05, 0.1) is 29.3 Å². The summed E-state index contributed by atoms with van der Waals surface area (Å²) in [5.41, 5.74) is 0.335. The van der Waals surface area contributed by atoms with E-state index in [0.717, 1.165) is 0 Å². The summed E-state index contributed by atoms with van der Waals surface area (Å²) in [6.45, 7) is -0.322. The molecule has 8 heteroatoms. The summed E-state index contributed by atoms with van der Waals surface area (Å²) in [7, 11) is -2.30. The van der Waals surface area contributed by atoms with Crippen LogP contribution in [-0.2, 0) is 16.6 Å². The molecule has 0 aliphatic rings. The number of rotatable bonds is 5. The number of nitrogens with one attached hydrogen (secondary N) is 1. The highest BCUT2D eigenvalue weighted by atomic mass is 35.5. The van der Waals surface area contributed by atoms with Crippen molar-refractivity contribution in [1.82, 2.24) is 0 Å². The van der Waals surface area contributed by atoms with Gasteiger partial charge in [0.2, 0.25) is 0 Å². The lowest BCUT2D eigenvalue weighted by atomic mass is 10.3. The third kappa shape index (κ3) is 3.06. The van der Waals surface area contributed by atoms with Gasteiger partial charge in [0, 0.05) is 6.07 Å². The van der Waals surface area contributed by atoms with Crippen molar-refractivity contribution in [3.05, 3.63) is 39.5 Å². The molecule has 5 nitrogen and oxygen atoms in total. The number of halogens is 1. The lowest BCUT2D eigenvalue weighted by molar-refractivity contribution is 0.282. The molecule has 0 radical (unpaired) electrons. The smallest absolute Gasteiger partial charge is 0.263 e. The van der Waals surface area contributed by atoms with Crippen molar-refractivity contribution in [2.45, 2.75) is 11.5 Å². The number of benzene rings is 1. The Balaban J connectivity index is 2.33. The number of sulfonamides is 1. The number of anilines is 1. The highest BCUT2D eigenvalue weighted by Gasteiger charge is 2.19. The third-order valence-electron chi connectivity index (χ3n) is 2.54. The SMILES string of the molecule is COc1cc(NS(=O)(=O)c2ccsc2CO)ccc1Cl. The molecule has 20 heavy (non-hydrogen) atoms. The monoisotopic (exact) mass is 333 g/mol. The molecular formula is C12H12ClNO4S2. The molecular weight excluding hydrogens is 322 g/mol. The van der Waals surface area contributed by atoms with Gasteiger partial charge in [-0.3, -0.25) is 4.72 Å². The predicted octanol–water partition coefficient (Wildman–Crippen LogP) is 2.70. The van der Waals surface area contributed by atoms with Crippen molar-refractivity contribution in [3.63, 3.8) is 0 Å². The van der Waals surface area contributed by atoms with Gasteiger partial charge in [-0.15, -0.1) is 11.3 Å². The molecule has 0 amide bonds. The topological polar surface area (TPSA) is 75.6 Å². The first kappa shape index (κ1) is 15.1. The molecule has 0 bridgehead atoms. The number of thiophene rings is 1. The van der Waals surface area contributed by atoms with Crippen LogP contribution in [0.15, 0.2) is 34.5 Å². The first-order valence-electron chi connectivity index (χ1n) is 5.51. The molecule has 2 aromatic rings. The molecule has 1 aromatic carbocycles. The van der Waals surface area contributed by atoms with Gasteiger partial charge < -0.3 is 9.84 Å². The van der Waals surface area contributed by atoms with Crippen LogP contribution in [0, 0.1) is 0 Å². The third-order valence-corrected chi connectivity index (χ3v) is 5.35. The van der Waals surface area contributed by atoms with Crippen molar-refractivity contribution in [2.75, 3.05) is 11.8 Å². The fourth-order valence-electron chi connectivity index (χ4n) is 1.62. The molecule has 108 valence electrons. The highest BCUT2D eigenvalue weighted by Crippen LogP contribution is 2.29. The van der Waals surface area contributed by atoms with Gasteiger partial charge in [-0.2, -0.15) is 0 Å². The second kappa shape index (κ2) is 6.01. The second-order valence-corrected chi connectivity index (χ2v) is 6.88. The lowest BCUT2D eigenvalue weighted by Crippen LogP contribution is -2.13. The van der Waals surface area contributed by atoms with Crippen LogP contribution in [0.25, 0.3) is 0 Å². The van der Waals surface area contributed by atoms with Crippen LogP contribution in [0.5, 0.6) is 5.75 Å². The minimum Gasteiger partial charge on any atom is -0.495 e. The summed E-state index contributed by atoms with van der Waals surface area (Å²) in [6.07, 6.45) is 0. The molecule has 0 saturated carbocycles. The van der Waals surface area contributed by atoms with E-state index in [1.54, 1.807) is 11.4 Å². The average molecular weight is 334 g/mol. The highest BCUT2D eigenvalue weighted by molar-refractivity contribution is 7.93. The van der Waals surface area contributed by atoms with Gasteiger partial charge in [0.1, 0.15) is 10.6 Å². The Labute approximate surface area is 125 Å². The predicted molar refractivity (Wildman–Crippen MR) is 79.1 cm³/mol. The summed E-state index contributed by atoms with van der Waals surface area (Å²) in [6, 6.07) is 6.02. The van der Waals surface area contributed by atoms with Crippen LogP contribution in [0.4, 0.5) is 5.69 Å². The molecule has 2 rings (SSSR count). The van der Waals surface area contributed by atoms with Gasteiger partial charge >= 0.3 is 0 Å². The van der Waals surface area contributed by atoms with E-state index in [-0.39, 0.29) is 11.5 Å². The van der Waals surface area contributed by atoms with Gasteiger partial charge in [0.15, 0.2) is 0 Å². The fraction of sp³-hybridized carbons (Fsp3) is 0.167. The molecule has 1 aromatic heterocycles. The minimum atomic E-state index is -3.75. The lowest BCUT2D eigenvalue weighted by Gasteiger charge is -2.10. The van der Waals surface area contributed by atoms with E-state index < -0.39 is 10.0 Å². The van der Waals surface area contributed by atoms with Crippen LogP contribution in [-0.4, -0.2) is 20.6 Å². The van der Waals surface area contributed by atoms with Gasteiger partial charge in [-0.1, -0.05) is 11.6 Å². The molecule has 0 unspecified atom stereocenters. The van der Waals surface area contributed by atoms with E-state index in [1.165, 1.54) is 36.6 Å². The van der Waals surface area contributed by atoms with Crippen LogP contribution in [0.3, 0.4) is 0 Å². The Bertz CT molecular complexity index is 712. The zero-order valence-corrected chi connectivity index (χ0v) is 12.8. The van der Waals surface area contributed by atoms with E-state index in [2.05, 4.69) is 4.72 Å². The van der Waals surface area contributed by atoms with E-state index in [0.29, 0.717) is 21.3 Å². The molecule has 0 atom stereocenters. The molecule has 2 N–H and O–H groups in total. The normalized spacial score (nSPS) is 11.3. The maximum absolute atomic E-state index is 12.2. The fourth-order valence-corrected chi connectivity index (χ4v) is 4.16. The quantitative estimate of drug-likeness (QED) is 0.882. The van der Waals surface area contributed by atoms with Crippen LogP contribution in [0.2, 0.25) is 5.02 Å². The van der Waals surface area contributed by atoms with Gasteiger partial charge in [-0.05, 0) is 23.6 Å². The molecule has 1 heterocycles. The molecule has 0 spiro atoms. The van der Waals surface area contributed by atoms with E-state index in [1.807, 2.05) is 0 Å². The van der Waals surface area contributed by atoms with Gasteiger partial charge in [-0.25, -0.2) is 8.42 Å². The average Bonchev–Trinajstić information content (AvgIpc) is 2.90. The Hall–Kier alpha value is -1.28. The van der Waals surface area contributed by atoms with Crippen molar-refractivity contribution in [3.8, 4) is 5.75 Å². The first-order valence-corrected chi connectivity index (χ1v) is 8.25. The molecule has 0 aliphatic carbocycles. The Morgan fingerprint density at radius 1 is 1.40 bits per heavy atom. The van der Waals surface area contributed by atoms with Crippen molar-refractivity contribution in [1.29, 1.82) is 0 Å². The maximum Gasteiger partial charge on any atom is 0.263 e. The Kier molecular flexibility index (Phi) is 4.54. The largest absolute Gasteiger partial charge is 0.495 e. The number of hydrogen-bond acceptors (Lipinski definition) is 5. The summed E-state index contributed by atoms with van der Waals surface area (Å²) < 4.78 is 31.9.